The van der Waals surface area contributed by atoms with Gasteiger partial charge in [0.2, 0.25) is 0 Å². The summed E-state index contributed by atoms with van der Waals surface area (Å²) in [5.74, 6) is 0.0927. The molecule has 1 saturated heterocycles. The fourth-order valence-corrected chi connectivity index (χ4v) is 2.66. The lowest BCUT2D eigenvalue weighted by Gasteiger charge is -2.23. The molecule has 0 spiro atoms. The van der Waals surface area contributed by atoms with Crippen LogP contribution in [0.2, 0.25) is 10.0 Å². The maximum atomic E-state index is 11.3. The standard InChI is InChI=1S/C16H16Cl2O4/c1-2-5-21-15-7-10(17)6-14(18)13(15)4-3-12-8-11(19)9-16(20)22-12/h2-4,6-7,11-12,19H,1,5,8-9H2/b4-3+/t11-,12-/m1/s1. The second-order valence-electron chi connectivity index (χ2n) is 4.88. The summed E-state index contributed by atoms with van der Waals surface area (Å²) in [4.78, 5) is 11.3. The predicted molar refractivity (Wildman–Crippen MR) is 86.3 cm³/mol. The fourth-order valence-electron chi connectivity index (χ4n) is 2.12. The zero-order valence-electron chi connectivity index (χ0n) is 11.8. The average molecular weight is 343 g/mol. The molecule has 2 atom stereocenters. The van der Waals surface area contributed by atoms with E-state index in [2.05, 4.69) is 6.58 Å². The Kier molecular flexibility index (Phi) is 5.89. The van der Waals surface area contributed by atoms with E-state index in [1.807, 2.05) is 0 Å². The average Bonchev–Trinajstić information content (AvgIpc) is 2.42. The van der Waals surface area contributed by atoms with Crippen LogP contribution in [-0.2, 0) is 9.53 Å². The van der Waals surface area contributed by atoms with Crippen molar-refractivity contribution in [3.05, 3.63) is 46.5 Å². The van der Waals surface area contributed by atoms with Crippen LogP contribution in [0.15, 0.2) is 30.9 Å². The Morgan fingerprint density at radius 2 is 2.23 bits per heavy atom. The molecule has 118 valence electrons. The summed E-state index contributed by atoms with van der Waals surface area (Å²) < 4.78 is 10.7. The molecule has 22 heavy (non-hydrogen) atoms. The number of benzene rings is 1. The Hall–Kier alpha value is -1.49. The number of ether oxygens (including phenoxy) is 2. The summed E-state index contributed by atoms with van der Waals surface area (Å²) in [5.41, 5.74) is 0.629. The maximum absolute atomic E-state index is 11.3. The second kappa shape index (κ2) is 7.68. The maximum Gasteiger partial charge on any atom is 0.309 e. The number of carbonyl (C=O) groups is 1. The molecule has 0 aromatic heterocycles. The first kappa shape index (κ1) is 16.9. The largest absolute Gasteiger partial charge is 0.489 e. The third-order valence-electron chi connectivity index (χ3n) is 3.08. The molecule has 0 radical (unpaired) electrons. The molecule has 1 heterocycles. The molecule has 0 unspecified atom stereocenters. The zero-order valence-corrected chi connectivity index (χ0v) is 13.3. The van der Waals surface area contributed by atoms with Crippen molar-refractivity contribution in [1.29, 1.82) is 0 Å². The number of halogens is 2. The molecule has 1 aliphatic heterocycles. The number of aliphatic hydroxyl groups excluding tert-OH is 1. The SMILES string of the molecule is C=CCOc1cc(Cl)cc(Cl)c1/C=C/[C@@H]1C[C@@H](O)CC(=O)O1. The van der Waals surface area contributed by atoms with Gasteiger partial charge >= 0.3 is 5.97 Å². The normalized spacial score (nSPS) is 21.7. The number of hydrogen-bond donors (Lipinski definition) is 1. The molecule has 0 saturated carbocycles. The number of hydrogen-bond acceptors (Lipinski definition) is 4. The Labute approximate surface area is 138 Å². The van der Waals surface area contributed by atoms with Gasteiger partial charge in [-0.25, -0.2) is 0 Å². The zero-order chi connectivity index (χ0) is 16.1. The highest BCUT2D eigenvalue weighted by Gasteiger charge is 2.25. The lowest BCUT2D eigenvalue weighted by Crippen LogP contribution is -2.31. The van der Waals surface area contributed by atoms with Crippen LogP contribution < -0.4 is 4.74 Å². The topological polar surface area (TPSA) is 55.8 Å². The van der Waals surface area contributed by atoms with Gasteiger partial charge in [0, 0.05) is 17.0 Å². The van der Waals surface area contributed by atoms with Gasteiger partial charge in [0.15, 0.2) is 0 Å². The van der Waals surface area contributed by atoms with Crippen molar-refractivity contribution in [2.75, 3.05) is 6.61 Å². The van der Waals surface area contributed by atoms with Crippen LogP contribution in [0.3, 0.4) is 0 Å². The summed E-state index contributed by atoms with van der Waals surface area (Å²) in [5, 5.41) is 10.5. The number of cyclic esters (lactones) is 1. The quantitative estimate of drug-likeness (QED) is 0.655. The van der Waals surface area contributed by atoms with E-state index in [4.69, 9.17) is 32.7 Å². The third kappa shape index (κ3) is 4.50. The molecule has 1 aliphatic rings. The van der Waals surface area contributed by atoms with Gasteiger partial charge in [-0.15, -0.1) is 0 Å². The van der Waals surface area contributed by atoms with Crippen molar-refractivity contribution < 1.29 is 19.4 Å². The fraction of sp³-hybridized carbons (Fsp3) is 0.312. The van der Waals surface area contributed by atoms with Gasteiger partial charge in [-0.05, 0) is 18.2 Å². The van der Waals surface area contributed by atoms with Crippen LogP contribution in [0.4, 0.5) is 0 Å². The van der Waals surface area contributed by atoms with Crippen molar-refractivity contribution in [3.8, 4) is 5.75 Å². The molecule has 1 aromatic rings. The second-order valence-corrected chi connectivity index (χ2v) is 5.72. The molecule has 0 bridgehead atoms. The van der Waals surface area contributed by atoms with Crippen molar-refractivity contribution in [2.45, 2.75) is 25.0 Å². The van der Waals surface area contributed by atoms with E-state index in [1.54, 1.807) is 30.4 Å². The van der Waals surface area contributed by atoms with Crippen molar-refractivity contribution >= 4 is 35.2 Å². The Morgan fingerprint density at radius 1 is 1.45 bits per heavy atom. The minimum Gasteiger partial charge on any atom is -0.489 e. The third-order valence-corrected chi connectivity index (χ3v) is 3.61. The molecular weight excluding hydrogens is 327 g/mol. The van der Waals surface area contributed by atoms with Gasteiger partial charge in [0.1, 0.15) is 18.5 Å². The highest BCUT2D eigenvalue weighted by atomic mass is 35.5. The molecule has 0 aliphatic carbocycles. The molecule has 1 fully saturated rings. The minimum absolute atomic E-state index is 0.0275. The Bertz CT molecular complexity index is 598. The van der Waals surface area contributed by atoms with Crippen LogP contribution >= 0.6 is 23.2 Å². The van der Waals surface area contributed by atoms with Gasteiger partial charge in [0.05, 0.1) is 17.5 Å². The Morgan fingerprint density at radius 3 is 2.91 bits per heavy atom. The molecule has 2 rings (SSSR count). The van der Waals surface area contributed by atoms with Crippen LogP contribution in [0.5, 0.6) is 5.75 Å². The molecule has 6 heteroatoms. The molecule has 4 nitrogen and oxygen atoms in total. The van der Waals surface area contributed by atoms with Gasteiger partial charge in [0.25, 0.3) is 0 Å². The van der Waals surface area contributed by atoms with Gasteiger partial charge in [-0.1, -0.05) is 41.9 Å². The van der Waals surface area contributed by atoms with E-state index in [1.165, 1.54) is 0 Å². The minimum atomic E-state index is -0.687. The van der Waals surface area contributed by atoms with E-state index >= 15 is 0 Å². The highest BCUT2D eigenvalue weighted by Crippen LogP contribution is 2.32. The van der Waals surface area contributed by atoms with Gasteiger partial charge in [-0.3, -0.25) is 4.79 Å². The number of esters is 1. The van der Waals surface area contributed by atoms with Crippen molar-refractivity contribution in [3.63, 3.8) is 0 Å². The number of carbonyl (C=O) groups excluding carboxylic acids is 1. The first-order valence-electron chi connectivity index (χ1n) is 6.78. The van der Waals surface area contributed by atoms with Gasteiger partial charge in [-0.2, -0.15) is 0 Å². The van der Waals surface area contributed by atoms with Crippen LogP contribution in [0.1, 0.15) is 18.4 Å². The first-order chi connectivity index (χ1) is 10.5. The summed E-state index contributed by atoms with van der Waals surface area (Å²) >= 11 is 12.2. The number of rotatable bonds is 5. The summed E-state index contributed by atoms with van der Waals surface area (Å²) in [6.45, 7) is 3.91. The smallest absolute Gasteiger partial charge is 0.309 e. The van der Waals surface area contributed by atoms with Crippen LogP contribution in [0, 0.1) is 0 Å². The van der Waals surface area contributed by atoms with E-state index in [0.717, 1.165) is 0 Å². The summed E-state index contributed by atoms with van der Waals surface area (Å²) in [7, 11) is 0. The molecule has 1 aromatic carbocycles. The lowest BCUT2D eigenvalue weighted by molar-refractivity contribution is -0.156. The monoisotopic (exact) mass is 342 g/mol. The predicted octanol–water partition coefficient (Wildman–Crippen LogP) is 3.64. The van der Waals surface area contributed by atoms with Crippen LogP contribution in [0.25, 0.3) is 6.08 Å². The molecular formula is C16H16Cl2O4. The first-order valence-corrected chi connectivity index (χ1v) is 7.53. The van der Waals surface area contributed by atoms with Crippen molar-refractivity contribution in [1.82, 2.24) is 0 Å². The molecule has 0 amide bonds. The van der Waals surface area contributed by atoms with Gasteiger partial charge < -0.3 is 14.6 Å². The van der Waals surface area contributed by atoms with Crippen molar-refractivity contribution in [2.24, 2.45) is 0 Å². The molecule has 1 N–H and O–H groups in total. The van der Waals surface area contributed by atoms with E-state index in [0.29, 0.717) is 34.4 Å². The van der Waals surface area contributed by atoms with E-state index < -0.39 is 18.2 Å². The van der Waals surface area contributed by atoms with Crippen LogP contribution in [-0.4, -0.2) is 29.9 Å². The van der Waals surface area contributed by atoms with E-state index in [-0.39, 0.29) is 6.42 Å². The Balaban J connectivity index is 2.21. The van der Waals surface area contributed by atoms with E-state index in [9.17, 15) is 9.90 Å². The highest BCUT2D eigenvalue weighted by molar-refractivity contribution is 6.35. The lowest BCUT2D eigenvalue weighted by atomic mass is 10.0. The summed E-state index contributed by atoms with van der Waals surface area (Å²) in [6.07, 6.45) is 4.20. The number of aliphatic hydroxyl groups is 1. The summed E-state index contributed by atoms with van der Waals surface area (Å²) in [6, 6.07) is 3.25.